The topological polar surface area (TPSA) is 24.9 Å². The Balaban J connectivity index is 1.60. The van der Waals surface area contributed by atoms with Gasteiger partial charge in [-0.1, -0.05) is 24.3 Å². The summed E-state index contributed by atoms with van der Waals surface area (Å²) >= 11 is 2.10. The van der Waals surface area contributed by atoms with Crippen LogP contribution in [0.3, 0.4) is 0 Å². The highest BCUT2D eigenvalue weighted by molar-refractivity contribution is 8.00. The van der Waals surface area contributed by atoms with Gasteiger partial charge in [-0.3, -0.25) is 4.98 Å². The molecule has 1 saturated heterocycles. The second kappa shape index (κ2) is 5.72. The number of hydrogen-bond donors (Lipinski definition) is 1. The van der Waals surface area contributed by atoms with Gasteiger partial charge in [0.15, 0.2) is 0 Å². The smallest absolute Gasteiger partial charge is 0.0705 e. The molecule has 0 saturated carbocycles. The highest BCUT2D eigenvalue weighted by Crippen LogP contribution is 2.25. The Morgan fingerprint density at radius 2 is 2.17 bits per heavy atom. The molecule has 2 aromatic rings. The Bertz CT molecular complexity index is 521. The lowest BCUT2D eigenvalue weighted by atomic mass is 10.2. The van der Waals surface area contributed by atoms with E-state index >= 15 is 0 Å². The maximum absolute atomic E-state index is 4.67. The number of fused-ring (bicyclic) bond motifs is 1. The number of pyridine rings is 1. The van der Waals surface area contributed by atoms with Gasteiger partial charge in [0.05, 0.1) is 11.2 Å². The van der Waals surface area contributed by atoms with Gasteiger partial charge in [-0.25, -0.2) is 0 Å². The third-order valence-electron chi connectivity index (χ3n) is 3.36. The predicted molar refractivity (Wildman–Crippen MR) is 78.9 cm³/mol. The van der Waals surface area contributed by atoms with E-state index in [-0.39, 0.29) is 0 Å². The number of benzene rings is 1. The first-order chi connectivity index (χ1) is 8.92. The first kappa shape index (κ1) is 12.0. The molecule has 1 fully saturated rings. The maximum Gasteiger partial charge on any atom is 0.0705 e. The largest absolute Gasteiger partial charge is 0.310 e. The average molecular weight is 258 g/mol. The maximum atomic E-state index is 4.67. The molecule has 1 aliphatic heterocycles. The summed E-state index contributed by atoms with van der Waals surface area (Å²) in [6.07, 6.45) is 2.74. The normalized spacial score (nSPS) is 19.4. The van der Waals surface area contributed by atoms with Crippen molar-refractivity contribution >= 4 is 22.7 Å². The van der Waals surface area contributed by atoms with Crippen LogP contribution in [-0.2, 0) is 6.54 Å². The molecule has 3 heteroatoms. The first-order valence-corrected chi connectivity index (χ1v) is 7.64. The highest BCUT2D eigenvalue weighted by atomic mass is 32.2. The third-order valence-corrected chi connectivity index (χ3v) is 4.76. The zero-order chi connectivity index (χ0) is 12.2. The Morgan fingerprint density at radius 3 is 3.06 bits per heavy atom. The number of hydrogen-bond acceptors (Lipinski definition) is 3. The van der Waals surface area contributed by atoms with E-state index in [1.807, 2.05) is 6.07 Å². The second-order valence-corrected chi connectivity index (χ2v) is 6.17. The molecule has 0 aliphatic carbocycles. The van der Waals surface area contributed by atoms with Crippen LogP contribution in [0.25, 0.3) is 10.9 Å². The van der Waals surface area contributed by atoms with Gasteiger partial charge in [-0.2, -0.15) is 11.8 Å². The summed E-state index contributed by atoms with van der Waals surface area (Å²) in [6, 6.07) is 12.6. The Labute approximate surface area is 112 Å². The van der Waals surface area contributed by atoms with Gasteiger partial charge in [0.2, 0.25) is 0 Å². The summed E-state index contributed by atoms with van der Waals surface area (Å²) < 4.78 is 0. The van der Waals surface area contributed by atoms with Gasteiger partial charge in [-0.05, 0) is 30.7 Å². The van der Waals surface area contributed by atoms with Crippen LogP contribution in [0, 0.1) is 0 Å². The molecule has 1 aromatic heterocycles. The van der Waals surface area contributed by atoms with E-state index in [2.05, 4.69) is 52.4 Å². The minimum atomic E-state index is 0.811. The summed E-state index contributed by atoms with van der Waals surface area (Å²) in [5, 5.41) is 5.55. The monoisotopic (exact) mass is 258 g/mol. The number of para-hydroxylation sites is 1. The van der Waals surface area contributed by atoms with Crippen LogP contribution in [0.1, 0.15) is 18.5 Å². The molecule has 0 spiro atoms. The third kappa shape index (κ3) is 2.85. The predicted octanol–water partition coefficient (Wildman–Crippen LogP) is 3.22. The SMILES string of the molecule is c1ccc2nc(CNCC3CCCS3)ccc2c1. The fourth-order valence-electron chi connectivity index (χ4n) is 2.37. The fraction of sp³-hybridized carbons (Fsp3) is 0.400. The molecule has 0 amide bonds. The first-order valence-electron chi connectivity index (χ1n) is 6.59. The zero-order valence-corrected chi connectivity index (χ0v) is 11.2. The fourth-order valence-corrected chi connectivity index (χ4v) is 3.61. The van der Waals surface area contributed by atoms with Crippen LogP contribution in [0.2, 0.25) is 0 Å². The van der Waals surface area contributed by atoms with Crippen molar-refractivity contribution in [3.63, 3.8) is 0 Å². The van der Waals surface area contributed by atoms with E-state index in [1.54, 1.807) is 0 Å². The van der Waals surface area contributed by atoms with Crippen LogP contribution < -0.4 is 5.32 Å². The van der Waals surface area contributed by atoms with E-state index < -0.39 is 0 Å². The van der Waals surface area contributed by atoms with Crippen molar-refractivity contribution in [3.8, 4) is 0 Å². The van der Waals surface area contributed by atoms with E-state index in [9.17, 15) is 0 Å². The van der Waals surface area contributed by atoms with E-state index in [4.69, 9.17) is 0 Å². The van der Waals surface area contributed by atoms with Crippen molar-refractivity contribution in [2.75, 3.05) is 12.3 Å². The minimum Gasteiger partial charge on any atom is -0.310 e. The van der Waals surface area contributed by atoms with Crippen molar-refractivity contribution < 1.29 is 0 Å². The summed E-state index contributed by atoms with van der Waals surface area (Å²) in [5.74, 6) is 1.33. The molecule has 1 aliphatic rings. The molecular weight excluding hydrogens is 240 g/mol. The van der Waals surface area contributed by atoms with Gasteiger partial charge < -0.3 is 5.32 Å². The Kier molecular flexibility index (Phi) is 3.81. The molecule has 18 heavy (non-hydrogen) atoms. The quantitative estimate of drug-likeness (QED) is 0.911. The Hall–Kier alpha value is -1.06. The molecule has 1 aromatic carbocycles. The van der Waals surface area contributed by atoms with Gasteiger partial charge in [0, 0.05) is 23.7 Å². The molecule has 2 heterocycles. The van der Waals surface area contributed by atoms with Gasteiger partial charge >= 0.3 is 0 Å². The van der Waals surface area contributed by atoms with Crippen molar-refractivity contribution in [2.45, 2.75) is 24.6 Å². The van der Waals surface area contributed by atoms with E-state index in [0.717, 1.165) is 29.6 Å². The zero-order valence-electron chi connectivity index (χ0n) is 10.4. The lowest BCUT2D eigenvalue weighted by Crippen LogP contribution is -2.23. The van der Waals surface area contributed by atoms with Crippen LogP contribution >= 0.6 is 11.8 Å². The molecule has 1 atom stereocenters. The molecule has 94 valence electrons. The van der Waals surface area contributed by atoms with Crippen LogP contribution in [0.15, 0.2) is 36.4 Å². The van der Waals surface area contributed by atoms with Gasteiger partial charge in [0.25, 0.3) is 0 Å². The summed E-state index contributed by atoms with van der Waals surface area (Å²) in [5.41, 5.74) is 2.23. The van der Waals surface area contributed by atoms with Gasteiger partial charge in [-0.15, -0.1) is 0 Å². The minimum absolute atomic E-state index is 0.811. The molecule has 2 nitrogen and oxygen atoms in total. The lowest BCUT2D eigenvalue weighted by molar-refractivity contribution is 0.639. The van der Waals surface area contributed by atoms with Crippen molar-refractivity contribution in [3.05, 3.63) is 42.1 Å². The standard InChI is InChI=1S/C15H18N2S/c1-2-6-15-12(4-1)7-8-13(17-15)10-16-11-14-5-3-9-18-14/h1-2,4,6-8,14,16H,3,5,9-11H2. The number of aromatic nitrogens is 1. The number of thioether (sulfide) groups is 1. The summed E-state index contributed by atoms with van der Waals surface area (Å²) in [6.45, 7) is 1.99. The Morgan fingerprint density at radius 1 is 1.22 bits per heavy atom. The number of nitrogens with one attached hydrogen (secondary N) is 1. The lowest BCUT2D eigenvalue weighted by Gasteiger charge is -2.10. The van der Waals surface area contributed by atoms with E-state index in [1.165, 1.54) is 24.0 Å². The van der Waals surface area contributed by atoms with Crippen LogP contribution in [-0.4, -0.2) is 22.5 Å². The highest BCUT2D eigenvalue weighted by Gasteiger charge is 2.14. The van der Waals surface area contributed by atoms with E-state index in [0.29, 0.717) is 0 Å². The average Bonchev–Trinajstić information content (AvgIpc) is 2.92. The van der Waals surface area contributed by atoms with Crippen molar-refractivity contribution in [2.24, 2.45) is 0 Å². The molecule has 1 unspecified atom stereocenters. The van der Waals surface area contributed by atoms with Crippen LogP contribution in [0.4, 0.5) is 0 Å². The summed E-state index contributed by atoms with van der Waals surface area (Å²) in [7, 11) is 0. The summed E-state index contributed by atoms with van der Waals surface area (Å²) in [4.78, 5) is 4.67. The number of nitrogens with zero attached hydrogens (tertiary/aromatic N) is 1. The molecule has 1 N–H and O–H groups in total. The molecule has 0 radical (unpaired) electrons. The molecule has 0 bridgehead atoms. The van der Waals surface area contributed by atoms with Crippen molar-refractivity contribution in [1.29, 1.82) is 0 Å². The number of rotatable bonds is 4. The molecule has 3 rings (SSSR count). The van der Waals surface area contributed by atoms with Crippen LogP contribution in [0.5, 0.6) is 0 Å². The van der Waals surface area contributed by atoms with Gasteiger partial charge in [0.1, 0.15) is 0 Å². The molecular formula is C15H18N2S. The van der Waals surface area contributed by atoms with Crippen molar-refractivity contribution in [1.82, 2.24) is 10.3 Å². The second-order valence-electron chi connectivity index (χ2n) is 4.76.